The van der Waals surface area contributed by atoms with E-state index in [1.54, 1.807) is 0 Å². The Morgan fingerprint density at radius 3 is 2.68 bits per heavy atom. The quantitative estimate of drug-likeness (QED) is 0.879. The van der Waals surface area contributed by atoms with Crippen LogP contribution in [0.3, 0.4) is 0 Å². The summed E-state index contributed by atoms with van der Waals surface area (Å²) in [5.41, 5.74) is 14.3. The van der Waals surface area contributed by atoms with Gasteiger partial charge < -0.3 is 16.4 Å². The minimum absolute atomic E-state index is 0.453. The number of benzene rings is 1. The molecular formula is C14H15N3OS. The second-order valence-corrected chi connectivity index (χ2v) is 5.70. The number of carbonyl (C=O) groups is 1. The fraction of sp³-hybridized carbons (Fsp3) is 0.214. The van der Waals surface area contributed by atoms with Crippen molar-refractivity contribution < 1.29 is 4.79 Å². The largest absolute Gasteiger partial charge is 0.397 e. The van der Waals surface area contributed by atoms with E-state index in [-0.39, 0.29) is 0 Å². The van der Waals surface area contributed by atoms with Gasteiger partial charge >= 0.3 is 0 Å². The van der Waals surface area contributed by atoms with E-state index in [1.807, 2.05) is 6.07 Å². The van der Waals surface area contributed by atoms with E-state index in [1.165, 1.54) is 22.5 Å². The lowest BCUT2D eigenvalue weighted by Gasteiger charge is -2.29. The highest BCUT2D eigenvalue weighted by molar-refractivity contribution is 7.18. The molecular weight excluding hydrogens is 258 g/mol. The van der Waals surface area contributed by atoms with Crippen molar-refractivity contribution in [1.29, 1.82) is 0 Å². The molecule has 98 valence electrons. The van der Waals surface area contributed by atoms with Crippen molar-refractivity contribution >= 4 is 27.9 Å². The first-order valence-electron chi connectivity index (χ1n) is 6.16. The predicted octanol–water partition coefficient (Wildman–Crippen LogP) is 1.99. The van der Waals surface area contributed by atoms with Gasteiger partial charge in [0.25, 0.3) is 5.91 Å². The molecule has 5 heteroatoms. The Bertz CT molecular complexity index is 635. The number of hydrogen-bond acceptors (Lipinski definition) is 4. The number of hydrogen-bond donors (Lipinski definition) is 2. The van der Waals surface area contributed by atoms with E-state index in [9.17, 15) is 4.79 Å². The first-order chi connectivity index (χ1) is 9.15. The van der Waals surface area contributed by atoms with Crippen LogP contribution in [-0.4, -0.2) is 12.5 Å². The van der Waals surface area contributed by atoms with E-state index < -0.39 is 5.91 Å². The highest BCUT2D eigenvalue weighted by Crippen LogP contribution is 2.34. The van der Waals surface area contributed by atoms with Crippen LogP contribution in [0.25, 0.3) is 0 Å². The Morgan fingerprint density at radius 1 is 1.26 bits per heavy atom. The summed E-state index contributed by atoms with van der Waals surface area (Å²) in [4.78, 5) is 13.9. The number of primary amides is 1. The van der Waals surface area contributed by atoms with Crippen LogP contribution in [0.2, 0.25) is 0 Å². The number of amides is 1. The highest BCUT2D eigenvalue weighted by atomic mass is 32.1. The molecule has 1 aromatic carbocycles. The standard InChI is InChI=1S/C14H15N3OS/c15-11-7-12(19-13(11)14(16)18)17-6-5-9-3-1-2-4-10(9)8-17/h1-4,7H,5-6,8,15H2,(H2,16,18). The molecule has 4 N–H and O–H groups in total. The van der Waals surface area contributed by atoms with E-state index >= 15 is 0 Å². The zero-order chi connectivity index (χ0) is 13.4. The van der Waals surface area contributed by atoms with Gasteiger partial charge in [-0.1, -0.05) is 24.3 Å². The van der Waals surface area contributed by atoms with Crippen molar-refractivity contribution in [2.24, 2.45) is 5.73 Å². The fourth-order valence-corrected chi connectivity index (χ4v) is 3.38. The number of nitrogens with zero attached hydrogens (tertiary/aromatic N) is 1. The average molecular weight is 273 g/mol. The molecule has 3 rings (SSSR count). The summed E-state index contributed by atoms with van der Waals surface area (Å²) in [6.45, 7) is 1.80. The Labute approximate surface area is 115 Å². The molecule has 1 aromatic heterocycles. The molecule has 2 aromatic rings. The lowest BCUT2D eigenvalue weighted by molar-refractivity contribution is 0.100. The van der Waals surface area contributed by atoms with E-state index in [0.29, 0.717) is 10.6 Å². The van der Waals surface area contributed by atoms with Crippen LogP contribution in [0.1, 0.15) is 20.8 Å². The number of carbonyl (C=O) groups excluding carboxylic acids is 1. The fourth-order valence-electron chi connectivity index (χ4n) is 2.42. The lowest BCUT2D eigenvalue weighted by Crippen LogP contribution is -2.29. The second kappa shape index (κ2) is 4.59. The molecule has 0 atom stereocenters. The summed E-state index contributed by atoms with van der Waals surface area (Å²) in [6, 6.07) is 10.3. The van der Waals surface area contributed by atoms with Crippen molar-refractivity contribution in [2.75, 3.05) is 17.2 Å². The molecule has 0 bridgehead atoms. The van der Waals surface area contributed by atoms with Crippen LogP contribution in [0.4, 0.5) is 10.7 Å². The lowest BCUT2D eigenvalue weighted by atomic mass is 10.0. The van der Waals surface area contributed by atoms with Crippen LogP contribution in [0.5, 0.6) is 0 Å². The molecule has 0 radical (unpaired) electrons. The molecule has 0 saturated carbocycles. The van der Waals surface area contributed by atoms with Crippen LogP contribution in [0, 0.1) is 0 Å². The minimum atomic E-state index is -0.453. The number of nitrogen functional groups attached to an aromatic ring is 1. The van der Waals surface area contributed by atoms with Crippen molar-refractivity contribution in [1.82, 2.24) is 0 Å². The first-order valence-corrected chi connectivity index (χ1v) is 6.97. The summed E-state index contributed by atoms with van der Waals surface area (Å²) in [6.07, 6.45) is 1.01. The van der Waals surface area contributed by atoms with E-state index in [4.69, 9.17) is 11.5 Å². The number of nitrogens with two attached hydrogens (primary N) is 2. The Balaban J connectivity index is 1.89. The monoisotopic (exact) mass is 273 g/mol. The van der Waals surface area contributed by atoms with E-state index in [0.717, 1.165) is 24.5 Å². The maximum absolute atomic E-state index is 11.3. The number of rotatable bonds is 2. The zero-order valence-electron chi connectivity index (χ0n) is 10.4. The van der Waals surface area contributed by atoms with Gasteiger partial charge in [0.05, 0.1) is 10.7 Å². The van der Waals surface area contributed by atoms with Crippen molar-refractivity contribution in [3.63, 3.8) is 0 Å². The van der Waals surface area contributed by atoms with Crippen LogP contribution in [0.15, 0.2) is 30.3 Å². The third-order valence-corrected chi connectivity index (χ3v) is 4.64. The molecule has 0 aliphatic carbocycles. The number of fused-ring (bicyclic) bond motifs is 1. The van der Waals surface area contributed by atoms with Gasteiger partial charge in [-0.3, -0.25) is 4.79 Å². The summed E-state index contributed by atoms with van der Waals surface area (Å²) < 4.78 is 0. The summed E-state index contributed by atoms with van der Waals surface area (Å²) in [7, 11) is 0. The molecule has 1 aliphatic rings. The molecule has 1 aliphatic heterocycles. The Hall–Kier alpha value is -2.01. The summed E-state index contributed by atoms with van der Waals surface area (Å²) in [5, 5.41) is 1.01. The van der Waals surface area contributed by atoms with Crippen LogP contribution < -0.4 is 16.4 Å². The van der Waals surface area contributed by atoms with Gasteiger partial charge in [-0.05, 0) is 23.6 Å². The first kappa shape index (κ1) is 12.0. The molecule has 0 unspecified atom stereocenters. The third-order valence-electron chi connectivity index (χ3n) is 3.41. The van der Waals surface area contributed by atoms with Gasteiger partial charge in [-0.2, -0.15) is 0 Å². The van der Waals surface area contributed by atoms with E-state index in [2.05, 4.69) is 29.2 Å². The maximum atomic E-state index is 11.3. The molecule has 0 spiro atoms. The SMILES string of the molecule is NC(=O)c1sc(N2CCc3ccccc3C2)cc1N. The Kier molecular flexibility index (Phi) is 2.91. The number of thiophene rings is 1. The molecule has 19 heavy (non-hydrogen) atoms. The van der Waals surface area contributed by atoms with Crippen LogP contribution >= 0.6 is 11.3 Å². The molecule has 0 fully saturated rings. The minimum Gasteiger partial charge on any atom is -0.397 e. The van der Waals surface area contributed by atoms with Gasteiger partial charge in [0, 0.05) is 13.1 Å². The summed E-state index contributed by atoms with van der Waals surface area (Å²) >= 11 is 1.38. The normalized spacial score (nSPS) is 14.2. The Morgan fingerprint density at radius 2 is 2.00 bits per heavy atom. The smallest absolute Gasteiger partial charge is 0.260 e. The third kappa shape index (κ3) is 2.17. The van der Waals surface area contributed by atoms with Crippen molar-refractivity contribution in [2.45, 2.75) is 13.0 Å². The van der Waals surface area contributed by atoms with Crippen molar-refractivity contribution in [3.8, 4) is 0 Å². The predicted molar refractivity (Wildman–Crippen MR) is 78.4 cm³/mol. The van der Waals surface area contributed by atoms with Crippen LogP contribution in [-0.2, 0) is 13.0 Å². The number of anilines is 2. The van der Waals surface area contributed by atoms with Gasteiger partial charge in [0.1, 0.15) is 4.88 Å². The topological polar surface area (TPSA) is 72.4 Å². The molecule has 0 saturated heterocycles. The van der Waals surface area contributed by atoms with Gasteiger partial charge in [0.15, 0.2) is 0 Å². The van der Waals surface area contributed by atoms with Gasteiger partial charge in [-0.25, -0.2) is 0 Å². The molecule has 2 heterocycles. The zero-order valence-corrected chi connectivity index (χ0v) is 11.2. The van der Waals surface area contributed by atoms with Crippen molar-refractivity contribution in [3.05, 3.63) is 46.3 Å². The highest BCUT2D eigenvalue weighted by Gasteiger charge is 2.20. The average Bonchev–Trinajstić information content (AvgIpc) is 2.80. The second-order valence-electron chi connectivity index (χ2n) is 4.67. The van der Waals surface area contributed by atoms with Gasteiger partial charge in [-0.15, -0.1) is 11.3 Å². The van der Waals surface area contributed by atoms with Gasteiger partial charge in [0.2, 0.25) is 0 Å². The maximum Gasteiger partial charge on any atom is 0.260 e. The molecule has 1 amide bonds. The summed E-state index contributed by atoms with van der Waals surface area (Å²) in [5.74, 6) is -0.453. The molecule has 4 nitrogen and oxygen atoms in total.